The van der Waals surface area contributed by atoms with Gasteiger partial charge in [-0.2, -0.15) is 0 Å². The molecule has 5 rings (SSSR count). The molecule has 1 saturated heterocycles. The molecule has 176 valence electrons. The Morgan fingerprint density at radius 2 is 1.82 bits per heavy atom. The molecule has 0 aliphatic carbocycles. The minimum atomic E-state index is -1.34. The number of aliphatic hydroxyl groups excluding tert-OH is 3. The number of aromatic nitrogens is 4. The van der Waals surface area contributed by atoms with Crippen molar-refractivity contribution < 1.29 is 25.2 Å². The van der Waals surface area contributed by atoms with Gasteiger partial charge in [0.05, 0.1) is 6.61 Å². The number of anilines is 2. The number of aromatic hydroxyl groups is 1. The molecule has 0 bridgehead atoms. The summed E-state index contributed by atoms with van der Waals surface area (Å²) < 4.78 is 7.16. The molecule has 2 aromatic carbocycles. The second-order valence-electron chi connectivity index (χ2n) is 8.03. The Morgan fingerprint density at radius 1 is 1.03 bits per heavy atom. The Morgan fingerprint density at radius 3 is 2.53 bits per heavy atom. The van der Waals surface area contributed by atoms with Gasteiger partial charge in [-0.1, -0.05) is 42.5 Å². The lowest BCUT2D eigenvalue weighted by atomic mass is 10.0. The lowest BCUT2D eigenvalue weighted by Crippen LogP contribution is -2.33. The summed E-state index contributed by atoms with van der Waals surface area (Å²) in [6, 6.07) is 15.1. The largest absolute Gasteiger partial charge is 0.508 e. The van der Waals surface area contributed by atoms with Crippen molar-refractivity contribution in [3.63, 3.8) is 0 Å². The van der Waals surface area contributed by atoms with Crippen LogP contribution in [0.3, 0.4) is 0 Å². The van der Waals surface area contributed by atoms with Crippen LogP contribution >= 0.6 is 0 Å². The van der Waals surface area contributed by atoms with Crippen LogP contribution in [0.5, 0.6) is 5.75 Å². The second kappa shape index (κ2) is 8.88. The average molecular weight is 464 g/mol. The SMILES string of the molecule is Nc1ncnc2c1nc(NCc1ccc(-c3ccccc3)cc1O)n2[C@@H]1O[C@H](CO)[C@@H](O)[C@H]1O. The molecule has 0 amide bonds. The number of ether oxygens (including phenoxy) is 1. The number of phenols is 1. The van der Waals surface area contributed by atoms with Gasteiger partial charge >= 0.3 is 0 Å². The molecular formula is C23H24N6O5. The van der Waals surface area contributed by atoms with Gasteiger partial charge in [-0.05, 0) is 17.2 Å². The number of nitrogens with zero attached hydrogens (tertiary/aromatic N) is 4. The van der Waals surface area contributed by atoms with E-state index in [1.54, 1.807) is 12.1 Å². The van der Waals surface area contributed by atoms with E-state index >= 15 is 0 Å². The van der Waals surface area contributed by atoms with E-state index in [0.717, 1.165) is 11.1 Å². The Kier molecular flexibility index (Phi) is 5.75. The molecule has 0 unspecified atom stereocenters. The number of aliphatic hydroxyl groups is 3. The Hall–Kier alpha value is -3.77. The molecule has 0 spiro atoms. The highest BCUT2D eigenvalue weighted by atomic mass is 16.6. The van der Waals surface area contributed by atoms with E-state index in [-0.39, 0.29) is 35.2 Å². The Balaban J connectivity index is 1.47. The zero-order valence-corrected chi connectivity index (χ0v) is 18.0. The van der Waals surface area contributed by atoms with Crippen molar-refractivity contribution in [2.45, 2.75) is 31.1 Å². The van der Waals surface area contributed by atoms with Gasteiger partial charge in [0.2, 0.25) is 5.95 Å². The molecule has 2 aromatic heterocycles. The van der Waals surface area contributed by atoms with Gasteiger partial charge in [-0.25, -0.2) is 15.0 Å². The number of phenolic OH excluding ortho intramolecular Hbond substituents is 1. The smallest absolute Gasteiger partial charge is 0.207 e. The standard InChI is InChI=1S/C23H24N6O5/c24-20-17-21(27-11-26-20)29(22-19(33)18(32)16(10-30)34-22)23(28-17)25-9-14-7-6-13(8-15(14)31)12-4-2-1-3-5-12/h1-8,11,16,18-19,22,30-33H,9-10H2,(H,25,28)(H2,24,26,27)/t16-,18-,19-,22-/m1/s1. The number of nitrogens with one attached hydrogen (secondary N) is 1. The third-order valence-electron chi connectivity index (χ3n) is 5.91. The van der Waals surface area contributed by atoms with Gasteiger partial charge in [-0.15, -0.1) is 0 Å². The third kappa shape index (κ3) is 3.80. The van der Waals surface area contributed by atoms with Crippen LogP contribution in [0.4, 0.5) is 11.8 Å². The molecule has 0 radical (unpaired) electrons. The molecule has 1 fully saturated rings. The van der Waals surface area contributed by atoms with Crippen molar-refractivity contribution >= 4 is 22.9 Å². The molecule has 3 heterocycles. The van der Waals surface area contributed by atoms with E-state index in [4.69, 9.17) is 10.5 Å². The molecule has 11 heteroatoms. The zero-order valence-electron chi connectivity index (χ0n) is 18.0. The predicted octanol–water partition coefficient (Wildman–Crippen LogP) is 1.00. The van der Waals surface area contributed by atoms with Crippen LogP contribution < -0.4 is 11.1 Å². The Labute approximate surface area is 194 Å². The monoisotopic (exact) mass is 464 g/mol. The van der Waals surface area contributed by atoms with E-state index in [9.17, 15) is 20.4 Å². The zero-order chi connectivity index (χ0) is 23.8. The summed E-state index contributed by atoms with van der Waals surface area (Å²) in [4.78, 5) is 12.6. The summed E-state index contributed by atoms with van der Waals surface area (Å²) in [5.41, 5.74) is 9.01. The fourth-order valence-corrected chi connectivity index (χ4v) is 4.08. The lowest BCUT2D eigenvalue weighted by molar-refractivity contribution is -0.0501. The quantitative estimate of drug-likeness (QED) is 0.242. The maximum atomic E-state index is 10.6. The normalized spacial score (nSPS) is 22.3. The van der Waals surface area contributed by atoms with Crippen LogP contribution in [-0.2, 0) is 11.3 Å². The summed E-state index contributed by atoms with van der Waals surface area (Å²) in [6.07, 6.45) is -3.43. The van der Waals surface area contributed by atoms with E-state index in [2.05, 4.69) is 20.3 Å². The number of hydrogen-bond acceptors (Lipinski definition) is 10. The predicted molar refractivity (Wildman–Crippen MR) is 124 cm³/mol. The van der Waals surface area contributed by atoms with Gasteiger partial charge in [0.1, 0.15) is 30.4 Å². The van der Waals surface area contributed by atoms with Crippen LogP contribution in [0.1, 0.15) is 11.8 Å². The van der Waals surface area contributed by atoms with Gasteiger partial charge < -0.3 is 36.2 Å². The number of hydrogen-bond donors (Lipinski definition) is 6. The second-order valence-corrected chi connectivity index (χ2v) is 8.03. The summed E-state index contributed by atoms with van der Waals surface area (Å²) >= 11 is 0. The van der Waals surface area contributed by atoms with Crippen LogP contribution in [0.2, 0.25) is 0 Å². The van der Waals surface area contributed by atoms with Crippen molar-refractivity contribution in [2.24, 2.45) is 0 Å². The first-order chi connectivity index (χ1) is 16.5. The number of benzene rings is 2. The number of imidazole rings is 1. The first kappa shape index (κ1) is 22.0. The first-order valence-corrected chi connectivity index (χ1v) is 10.7. The summed E-state index contributed by atoms with van der Waals surface area (Å²) in [7, 11) is 0. The van der Waals surface area contributed by atoms with E-state index in [0.29, 0.717) is 5.56 Å². The topological polar surface area (TPSA) is 172 Å². The Bertz CT molecular complexity index is 1310. The number of nitrogen functional groups attached to an aromatic ring is 1. The summed E-state index contributed by atoms with van der Waals surface area (Å²) in [6.45, 7) is -0.283. The molecule has 0 saturated carbocycles. The van der Waals surface area contributed by atoms with E-state index < -0.39 is 31.1 Å². The minimum Gasteiger partial charge on any atom is -0.508 e. The molecule has 1 aliphatic heterocycles. The highest BCUT2D eigenvalue weighted by Crippen LogP contribution is 2.35. The molecule has 7 N–H and O–H groups in total. The number of nitrogens with two attached hydrogens (primary N) is 1. The number of rotatable bonds is 6. The average Bonchev–Trinajstić information content (AvgIpc) is 3.36. The highest BCUT2D eigenvalue weighted by molar-refractivity contribution is 5.84. The van der Waals surface area contributed by atoms with Crippen LogP contribution in [0.15, 0.2) is 54.9 Å². The molecule has 1 aliphatic rings. The van der Waals surface area contributed by atoms with Gasteiger partial charge in [0.15, 0.2) is 23.2 Å². The number of fused-ring (bicyclic) bond motifs is 1. The summed E-state index contributed by atoms with van der Waals surface area (Å²) in [5.74, 6) is 0.473. The maximum absolute atomic E-state index is 10.6. The molecular weight excluding hydrogens is 440 g/mol. The van der Waals surface area contributed by atoms with Crippen molar-refractivity contribution in [3.8, 4) is 16.9 Å². The fraction of sp³-hybridized carbons (Fsp3) is 0.261. The van der Waals surface area contributed by atoms with Crippen molar-refractivity contribution in [1.29, 1.82) is 0 Å². The van der Waals surface area contributed by atoms with Gasteiger partial charge in [-0.3, -0.25) is 4.57 Å². The third-order valence-corrected chi connectivity index (χ3v) is 5.91. The minimum absolute atomic E-state index is 0.101. The highest BCUT2D eigenvalue weighted by Gasteiger charge is 2.45. The lowest BCUT2D eigenvalue weighted by Gasteiger charge is -2.20. The van der Waals surface area contributed by atoms with Crippen molar-refractivity contribution in [3.05, 3.63) is 60.4 Å². The molecule has 4 aromatic rings. The van der Waals surface area contributed by atoms with E-state index in [1.807, 2.05) is 36.4 Å². The first-order valence-electron chi connectivity index (χ1n) is 10.7. The molecule has 11 nitrogen and oxygen atoms in total. The summed E-state index contributed by atoms with van der Waals surface area (Å²) in [5, 5.41) is 44.0. The van der Waals surface area contributed by atoms with Crippen molar-refractivity contribution in [2.75, 3.05) is 17.7 Å². The molecule has 4 atom stereocenters. The van der Waals surface area contributed by atoms with E-state index in [1.165, 1.54) is 10.9 Å². The molecule has 34 heavy (non-hydrogen) atoms. The van der Waals surface area contributed by atoms with Crippen LogP contribution in [0, 0.1) is 0 Å². The van der Waals surface area contributed by atoms with Gasteiger partial charge in [0, 0.05) is 12.1 Å². The van der Waals surface area contributed by atoms with Crippen LogP contribution in [0.25, 0.3) is 22.3 Å². The van der Waals surface area contributed by atoms with Crippen molar-refractivity contribution in [1.82, 2.24) is 19.5 Å². The fourth-order valence-electron chi connectivity index (χ4n) is 4.08. The maximum Gasteiger partial charge on any atom is 0.207 e. The van der Waals surface area contributed by atoms with Crippen LogP contribution in [-0.4, -0.2) is 64.9 Å². The van der Waals surface area contributed by atoms with Gasteiger partial charge in [0.25, 0.3) is 0 Å².